The van der Waals surface area contributed by atoms with Crippen LogP contribution in [0.15, 0.2) is 60.7 Å². The van der Waals surface area contributed by atoms with Gasteiger partial charge >= 0.3 is 12.4 Å². The second kappa shape index (κ2) is 10.4. The number of anilines is 1. The van der Waals surface area contributed by atoms with Gasteiger partial charge in [0.15, 0.2) is 0 Å². The summed E-state index contributed by atoms with van der Waals surface area (Å²) in [4.78, 5) is 29.8. The zero-order valence-corrected chi connectivity index (χ0v) is 16.8. The van der Waals surface area contributed by atoms with Crippen LogP contribution in [-0.2, 0) is 0 Å². The van der Waals surface area contributed by atoms with Crippen molar-refractivity contribution in [1.82, 2.24) is 15.2 Å². The van der Waals surface area contributed by atoms with Gasteiger partial charge in [-0.3, -0.25) is 25.4 Å². The number of aromatic nitrogens is 1. The van der Waals surface area contributed by atoms with Gasteiger partial charge in [0.05, 0.1) is 17.6 Å². The van der Waals surface area contributed by atoms with Crippen LogP contribution in [0.1, 0.15) is 17.3 Å². The summed E-state index contributed by atoms with van der Waals surface area (Å²) in [7, 11) is 0. The predicted octanol–water partition coefficient (Wildman–Crippen LogP) is 4.32. The van der Waals surface area contributed by atoms with Crippen molar-refractivity contribution in [2.45, 2.75) is 13.3 Å². The molecule has 1 aromatic carbocycles. The first-order valence-corrected chi connectivity index (χ1v) is 9.08. The largest absolute Gasteiger partial charge is 0.573 e. The average molecular weight is 456 g/mol. The molecule has 0 saturated heterocycles. The molecule has 1 aromatic heterocycles. The number of pyridine rings is 1. The standard InChI is InChI=1S/C19H17ClF3N5O3/c1-2-28(15(16(20)24)11-26-13-4-3-9-25-10-13)18(30)27-17(29)12-5-7-14(8-6-12)31-19(21,22)23/h3-11,24,26H,2H2,1H3,(H,27,29,30)/b15-11+,24-16?. The first-order chi connectivity index (χ1) is 14.6. The third-order valence-corrected chi connectivity index (χ3v) is 3.88. The van der Waals surface area contributed by atoms with E-state index in [2.05, 4.69) is 20.4 Å². The van der Waals surface area contributed by atoms with Crippen LogP contribution in [0.2, 0.25) is 0 Å². The fraction of sp³-hybridized carbons (Fsp3) is 0.158. The number of hydrogen-bond donors (Lipinski definition) is 3. The number of benzene rings is 1. The molecule has 0 aliphatic carbocycles. The molecule has 12 heteroatoms. The van der Waals surface area contributed by atoms with Crippen molar-refractivity contribution in [3.8, 4) is 5.75 Å². The third-order valence-electron chi connectivity index (χ3n) is 3.68. The maximum absolute atomic E-state index is 12.6. The molecule has 31 heavy (non-hydrogen) atoms. The number of imide groups is 1. The maximum atomic E-state index is 12.6. The van der Waals surface area contributed by atoms with Gasteiger partial charge in [-0.25, -0.2) is 4.79 Å². The number of amides is 3. The van der Waals surface area contributed by atoms with Crippen LogP contribution < -0.4 is 15.4 Å². The Hall–Kier alpha value is -3.60. The van der Waals surface area contributed by atoms with Crippen LogP contribution in [0.4, 0.5) is 23.7 Å². The minimum atomic E-state index is -4.86. The number of carbonyl (C=O) groups is 2. The van der Waals surface area contributed by atoms with E-state index in [4.69, 9.17) is 17.0 Å². The average Bonchev–Trinajstić information content (AvgIpc) is 2.70. The van der Waals surface area contributed by atoms with Crippen LogP contribution in [0, 0.1) is 5.41 Å². The Morgan fingerprint density at radius 3 is 2.45 bits per heavy atom. The quantitative estimate of drug-likeness (QED) is 0.539. The molecule has 3 N–H and O–H groups in total. The molecule has 0 saturated carbocycles. The molecular formula is C19H17ClF3N5O3. The Labute approximate surface area is 180 Å². The van der Waals surface area contributed by atoms with Crippen LogP contribution >= 0.6 is 11.6 Å². The van der Waals surface area contributed by atoms with Crippen molar-refractivity contribution in [3.05, 3.63) is 66.3 Å². The van der Waals surface area contributed by atoms with Gasteiger partial charge in [-0.05, 0) is 43.3 Å². The highest BCUT2D eigenvalue weighted by Crippen LogP contribution is 2.22. The molecule has 3 amide bonds. The summed E-state index contributed by atoms with van der Waals surface area (Å²) in [6.07, 6.45) is -0.472. The molecule has 8 nitrogen and oxygen atoms in total. The second-order valence-corrected chi connectivity index (χ2v) is 6.18. The summed E-state index contributed by atoms with van der Waals surface area (Å²) in [5, 5.41) is 12.2. The summed E-state index contributed by atoms with van der Waals surface area (Å²) in [6.45, 7) is 1.66. The number of nitrogens with one attached hydrogen (secondary N) is 3. The molecule has 0 aliphatic heterocycles. The van der Waals surface area contributed by atoms with Gasteiger partial charge in [-0.1, -0.05) is 11.6 Å². The number of halogens is 4. The minimum Gasteiger partial charge on any atom is -0.406 e. The van der Waals surface area contributed by atoms with Gasteiger partial charge in [0.1, 0.15) is 10.9 Å². The Kier molecular flexibility index (Phi) is 7.97. The maximum Gasteiger partial charge on any atom is 0.573 e. The van der Waals surface area contributed by atoms with E-state index >= 15 is 0 Å². The van der Waals surface area contributed by atoms with Crippen LogP contribution in [-0.4, -0.2) is 39.9 Å². The van der Waals surface area contributed by atoms with Crippen molar-refractivity contribution in [3.63, 3.8) is 0 Å². The lowest BCUT2D eigenvalue weighted by Gasteiger charge is -2.23. The van der Waals surface area contributed by atoms with E-state index in [0.717, 1.165) is 29.2 Å². The van der Waals surface area contributed by atoms with Crippen LogP contribution in [0.5, 0.6) is 5.75 Å². The molecule has 0 radical (unpaired) electrons. The predicted molar refractivity (Wildman–Crippen MR) is 108 cm³/mol. The molecule has 0 spiro atoms. The molecule has 2 aromatic rings. The molecule has 0 atom stereocenters. The highest BCUT2D eigenvalue weighted by Gasteiger charge is 2.31. The fourth-order valence-corrected chi connectivity index (χ4v) is 2.48. The van der Waals surface area contributed by atoms with Crippen molar-refractivity contribution >= 4 is 34.4 Å². The lowest BCUT2D eigenvalue weighted by Crippen LogP contribution is -2.43. The lowest BCUT2D eigenvalue weighted by molar-refractivity contribution is -0.274. The van der Waals surface area contributed by atoms with E-state index in [-0.39, 0.29) is 17.8 Å². The van der Waals surface area contributed by atoms with Gasteiger partial charge in [-0.2, -0.15) is 0 Å². The minimum absolute atomic E-state index is 0.0211. The van der Waals surface area contributed by atoms with Crippen molar-refractivity contribution in [2.75, 3.05) is 11.9 Å². The number of urea groups is 1. The Morgan fingerprint density at radius 1 is 1.26 bits per heavy atom. The smallest absolute Gasteiger partial charge is 0.406 e. The van der Waals surface area contributed by atoms with E-state index in [1.807, 2.05) is 0 Å². The van der Waals surface area contributed by atoms with E-state index < -0.39 is 29.2 Å². The molecule has 1 heterocycles. The lowest BCUT2D eigenvalue weighted by atomic mass is 10.2. The third kappa shape index (κ3) is 7.30. The number of rotatable bonds is 7. The molecule has 0 bridgehead atoms. The Bertz CT molecular complexity index is 966. The number of alkyl halides is 3. The summed E-state index contributed by atoms with van der Waals surface area (Å²) in [6, 6.07) is 6.53. The summed E-state index contributed by atoms with van der Waals surface area (Å²) < 4.78 is 40.4. The van der Waals surface area contributed by atoms with Gasteiger partial charge in [0.25, 0.3) is 5.91 Å². The summed E-state index contributed by atoms with van der Waals surface area (Å²) in [5.41, 5.74) is 0.484. The molecular weight excluding hydrogens is 439 g/mol. The van der Waals surface area contributed by atoms with Gasteiger partial charge in [0.2, 0.25) is 0 Å². The normalized spacial score (nSPS) is 11.5. The number of nitrogens with zero attached hydrogens (tertiary/aromatic N) is 2. The topological polar surface area (TPSA) is 107 Å². The number of carbonyl (C=O) groups excluding carboxylic acids is 2. The van der Waals surface area contributed by atoms with E-state index in [1.165, 1.54) is 12.4 Å². The van der Waals surface area contributed by atoms with Crippen LogP contribution in [0.3, 0.4) is 0 Å². The molecule has 2 rings (SSSR count). The molecule has 164 valence electrons. The Morgan fingerprint density at radius 2 is 1.94 bits per heavy atom. The van der Waals surface area contributed by atoms with Gasteiger partial charge in [0, 0.05) is 24.5 Å². The van der Waals surface area contributed by atoms with E-state index in [1.54, 1.807) is 25.3 Å². The van der Waals surface area contributed by atoms with Crippen molar-refractivity contribution in [1.29, 1.82) is 5.41 Å². The molecule has 0 unspecified atom stereocenters. The second-order valence-electron chi connectivity index (χ2n) is 5.81. The first kappa shape index (κ1) is 23.7. The first-order valence-electron chi connectivity index (χ1n) is 8.70. The number of allylic oxidation sites excluding steroid dienone is 1. The van der Waals surface area contributed by atoms with E-state index in [0.29, 0.717) is 5.69 Å². The zero-order chi connectivity index (χ0) is 23.0. The number of hydrogen-bond acceptors (Lipinski definition) is 6. The highest BCUT2D eigenvalue weighted by atomic mass is 35.5. The van der Waals surface area contributed by atoms with Crippen molar-refractivity contribution < 1.29 is 27.5 Å². The highest BCUT2D eigenvalue weighted by molar-refractivity contribution is 6.68. The van der Waals surface area contributed by atoms with Gasteiger partial charge in [-0.15, -0.1) is 13.2 Å². The van der Waals surface area contributed by atoms with Crippen molar-refractivity contribution in [2.24, 2.45) is 0 Å². The fourth-order valence-electron chi connectivity index (χ4n) is 2.33. The Balaban J connectivity index is 2.11. The molecule has 0 aliphatic rings. The monoisotopic (exact) mass is 455 g/mol. The van der Waals surface area contributed by atoms with E-state index in [9.17, 15) is 22.8 Å². The number of ether oxygens (including phenoxy) is 1. The molecule has 0 fully saturated rings. The summed E-state index contributed by atoms with van der Waals surface area (Å²) in [5.74, 6) is -1.37. The summed E-state index contributed by atoms with van der Waals surface area (Å²) >= 11 is 5.80. The van der Waals surface area contributed by atoms with Crippen LogP contribution in [0.25, 0.3) is 0 Å². The zero-order valence-electron chi connectivity index (χ0n) is 16.0. The van der Waals surface area contributed by atoms with Gasteiger partial charge < -0.3 is 10.1 Å². The SMILES string of the molecule is CCN(C(=O)NC(=O)c1ccc(OC(F)(F)F)cc1)/C(=C/Nc1cccnc1)C(=N)Cl.